The van der Waals surface area contributed by atoms with E-state index in [1.165, 1.54) is 10.6 Å². The van der Waals surface area contributed by atoms with Gasteiger partial charge in [-0.05, 0) is 50.3 Å². The van der Waals surface area contributed by atoms with Crippen molar-refractivity contribution in [3.63, 3.8) is 0 Å². The number of urea groups is 1. The molecule has 2 saturated heterocycles. The van der Waals surface area contributed by atoms with Crippen molar-refractivity contribution in [1.82, 2.24) is 24.5 Å². The summed E-state index contributed by atoms with van der Waals surface area (Å²) in [5.41, 5.74) is 14.7. The number of pyridine rings is 1. The molecule has 5 heterocycles. The number of hydrogen-bond donors (Lipinski definition) is 2. The Kier molecular flexibility index (Phi) is 6.06. The molecule has 2 aliphatic rings. The first kappa shape index (κ1) is 26.2. The van der Waals surface area contributed by atoms with Gasteiger partial charge in [0, 0.05) is 46.6 Å². The highest BCUT2D eigenvalue weighted by molar-refractivity contribution is 7.91. The van der Waals surface area contributed by atoms with Crippen LogP contribution in [-0.4, -0.2) is 56.8 Å². The van der Waals surface area contributed by atoms with Crippen molar-refractivity contribution in [3.05, 3.63) is 60.3 Å². The number of halogens is 1. The molecule has 0 spiro atoms. The Balaban J connectivity index is 1.47. The van der Waals surface area contributed by atoms with Crippen LogP contribution in [0.5, 0.6) is 0 Å². The van der Waals surface area contributed by atoms with Crippen molar-refractivity contribution < 1.29 is 17.6 Å². The molecule has 2 aliphatic heterocycles. The first-order valence-electron chi connectivity index (χ1n) is 13.2. The third kappa shape index (κ3) is 4.00. The number of primary amides is 1. The lowest BCUT2D eigenvalue weighted by Gasteiger charge is -2.46. The molecule has 208 valence electrons. The minimum Gasteiger partial charge on any atom is -0.382 e. The van der Waals surface area contributed by atoms with Gasteiger partial charge in [0.15, 0.2) is 15.5 Å². The zero-order chi connectivity index (χ0) is 28.4. The van der Waals surface area contributed by atoms with E-state index in [0.29, 0.717) is 53.0 Å². The number of hydrogen-bond acceptors (Lipinski definition) is 7. The second-order valence-electron chi connectivity index (χ2n) is 10.8. The lowest BCUT2D eigenvalue weighted by atomic mass is 9.78. The third-order valence-corrected chi connectivity index (χ3v) is 9.70. The van der Waals surface area contributed by atoms with Gasteiger partial charge in [0.1, 0.15) is 16.5 Å². The number of anilines is 1. The summed E-state index contributed by atoms with van der Waals surface area (Å²) in [6, 6.07) is 9.38. The molecule has 6 rings (SSSR count). The predicted molar refractivity (Wildman–Crippen MR) is 149 cm³/mol. The smallest absolute Gasteiger partial charge is 0.315 e. The van der Waals surface area contributed by atoms with Crippen LogP contribution in [-0.2, 0) is 9.84 Å². The Hall–Kier alpha value is -4.06. The fraction of sp³-hybridized carbons (Fsp3) is 0.357. The van der Waals surface area contributed by atoms with Crippen LogP contribution in [0.3, 0.4) is 0 Å². The van der Waals surface area contributed by atoms with Gasteiger partial charge in [-0.1, -0.05) is 25.1 Å². The van der Waals surface area contributed by atoms with Crippen LogP contribution >= 0.6 is 0 Å². The Morgan fingerprint density at radius 2 is 1.95 bits per heavy atom. The molecule has 40 heavy (non-hydrogen) atoms. The van der Waals surface area contributed by atoms with Crippen LogP contribution in [0.1, 0.15) is 50.6 Å². The van der Waals surface area contributed by atoms with Crippen molar-refractivity contribution in [2.45, 2.75) is 61.4 Å². The van der Waals surface area contributed by atoms with Crippen LogP contribution in [0.4, 0.5) is 15.0 Å². The molecule has 0 radical (unpaired) electrons. The first-order chi connectivity index (χ1) is 19.0. The Bertz CT molecular complexity index is 1760. The van der Waals surface area contributed by atoms with Gasteiger partial charge < -0.3 is 16.4 Å². The summed E-state index contributed by atoms with van der Waals surface area (Å²) >= 11 is 0. The van der Waals surface area contributed by atoms with E-state index in [-0.39, 0.29) is 28.5 Å². The quantitative estimate of drug-likeness (QED) is 0.370. The molecule has 4 N–H and O–H groups in total. The maximum atomic E-state index is 14.3. The molecule has 2 fully saturated rings. The normalized spacial score (nSPS) is 22.6. The summed E-state index contributed by atoms with van der Waals surface area (Å²) in [7, 11) is -3.77. The number of rotatable bonds is 5. The van der Waals surface area contributed by atoms with Gasteiger partial charge in [-0.15, -0.1) is 0 Å². The van der Waals surface area contributed by atoms with Gasteiger partial charge in [-0.2, -0.15) is 9.61 Å². The number of benzene rings is 1. The zero-order valence-corrected chi connectivity index (χ0v) is 23.0. The standard InChI is InChI=1S/C28H30FN7O3S/c1-3-28-11-10-18(35(28)27(31)37)12-17(13-28)23-24(40(2,38)39)25(30)36-26(34-23)20(15-33-36)16-8-9-22(32-14-16)19-6-4-5-7-21(19)29/h4-9,14-15,17-18H,3,10-13,30H2,1-2H3,(H2,31,37)/t17-,18-,28+/m0/s1. The van der Waals surface area contributed by atoms with E-state index in [4.69, 9.17) is 16.5 Å². The van der Waals surface area contributed by atoms with Gasteiger partial charge in [-0.3, -0.25) is 4.98 Å². The number of aromatic nitrogens is 4. The molecular weight excluding hydrogens is 533 g/mol. The van der Waals surface area contributed by atoms with Crippen molar-refractivity contribution in [3.8, 4) is 22.4 Å². The second-order valence-corrected chi connectivity index (χ2v) is 12.8. The average Bonchev–Trinajstić information content (AvgIpc) is 3.45. The summed E-state index contributed by atoms with van der Waals surface area (Å²) in [5.74, 6) is -0.628. The molecule has 3 atom stereocenters. The van der Waals surface area contributed by atoms with E-state index in [0.717, 1.165) is 19.1 Å². The number of sulfone groups is 1. The highest BCUT2D eigenvalue weighted by Gasteiger charge is 2.53. The summed E-state index contributed by atoms with van der Waals surface area (Å²) in [4.78, 5) is 23.5. The molecule has 2 amide bonds. The molecule has 10 nitrogen and oxygen atoms in total. The Morgan fingerprint density at radius 3 is 2.60 bits per heavy atom. The number of nitrogens with zero attached hydrogens (tertiary/aromatic N) is 5. The Labute approximate surface area is 231 Å². The molecule has 4 aromatic rings. The highest BCUT2D eigenvalue weighted by Crippen LogP contribution is 2.52. The van der Waals surface area contributed by atoms with Crippen LogP contribution < -0.4 is 11.5 Å². The van der Waals surface area contributed by atoms with Gasteiger partial charge in [0.2, 0.25) is 0 Å². The van der Waals surface area contributed by atoms with Gasteiger partial charge in [0.25, 0.3) is 0 Å². The van der Waals surface area contributed by atoms with E-state index in [2.05, 4.69) is 10.1 Å². The molecule has 1 aromatic carbocycles. The molecule has 12 heteroatoms. The Morgan fingerprint density at radius 1 is 1.18 bits per heavy atom. The van der Waals surface area contributed by atoms with E-state index >= 15 is 0 Å². The minimum atomic E-state index is -3.77. The van der Waals surface area contributed by atoms with Gasteiger partial charge in [-0.25, -0.2) is 22.6 Å². The van der Waals surface area contributed by atoms with E-state index in [1.54, 1.807) is 47.6 Å². The van der Waals surface area contributed by atoms with E-state index < -0.39 is 21.4 Å². The predicted octanol–water partition coefficient (Wildman–Crippen LogP) is 4.15. The second kappa shape index (κ2) is 9.26. The summed E-state index contributed by atoms with van der Waals surface area (Å²) in [6.45, 7) is 2.02. The molecule has 0 saturated carbocycles. The molecule has 0 unspecified atom stereocenters. The molecule has 0 aliphatic carbocycles. The number of piperidine rings is 1. The number of carbonyl (C=O) groups excluding carboxylic acids is 1. The minimum absolute atomic E-state index is 0.0140. The van der Waals surface area contributed by atoms with Gasteiger partial charge in [0.05, 0.1) is 17.6 Å². The van der Waals surface area contributed by atoms with Crippen LogP contribution in [0.25, 0.3) is 28.0 Å². The number of carbonyl (C=O) groups is 1. The van der Waals surface area contributed by atoms with Crippen molar-refractivity contribution in [2.75, 3.05) is 12.0 Å². The maximum Gasteiger partial charge on any atom is 0.315 e. The topological polar surface area (TPSA) is 150 Å². The summed E-state index contributed by atoms with van der Waals surface area (Å²) < 4.78 is 41.7. The van der Waals surface area contributed by atoms with Crippen LogP contribution in [0, 0.1) is 5.82 Å². The highest BCUT2D eigenvalue weighted by atomic mass is 32.2. The lowest BCUT2D eigenvalue weighted by Crippen LogP contribution is -2.56. The van der Waals surface area contributed by atoms with E-state index in [1.807, 2.05) is 6.92 Å². The third-order valence-electron chi connectivity index (χ3n) is 8.54. The van der Waals surface area contributed by atoms with Crippen molar-refractivity contribution >= 4 is 27.3 Å². The fourth-order valence-corrected chi connectivity index (χ4v) is 7.80. The number of nitrogen functional groups attached to an aromatic ring is 1. The zero-order valence-electron chi connectivity index (χ0n) is 22.2. The molecular formula is C28H30FN7O3S. The van der Waals surface area contributed by atoms with E-state index in [9.17, 15) is 17.6 Å². The largest absolute Gasteiger partial charge is 0.382 e. The average molecular weight is 564 g/mol. The van der Waals surface area contributed by atoms with Crippen molar-refractivity contribution in [1.29, 1.82) is 0 Å². The first-order valence-corrected chi connectivity index (χ1v) is 15.1. The summed E-state index contributed by atoms with van der Waals surface area (Å²) in [5, 5.41) is 4.36. The number of nitrogens with two attached hydrogens (primary N) is 2. The monoisotopic (exact) mass is 563 g/mol. The van der Waals surface area contributed by atoms with Crippen molar-refractivity contribution in [2.24, 2.45) is 5.73 Å². The van der Waals surface area contributed by atoms with Crippen LogP contribution in [0.2, 0.25) is 0 Å². The molecule has 2 bridgehead atoms. The maximum absolute atomic E-state index is 14.3. The SMILES string of the molecule is CC[C@@]12CC[C@@H](C[C@H](c3nc4c(-c5ccc(-c6ccccc6F)nc5)cnn4c(N)c3S(C)(=O)=O)C1)N2C(N)=O. The lowest BCUT2D eigenvalue weighted by molar-refractivity contribution is 0.0738. The molecule has 3 aromatic heterocycles. The van der Waals surface area contributed by atoms with Gasteiger partial charge >= 0.3 is 6.03 Å². The summed E-state index contributed by atoms with van der Waals surface area (Å²) in [6.07, 6.45) is 7.68. The number of amides is 2. The number of fused-ring (bicyclic) bond motifs is 3. The fourth-order valence-electron chi connectivity index (χ4n) is 6.74. The van der Waals surface area contributed by atoms with Crippen LogP contribution in [0.15, 0.2) is 53.7 Å².